The van der Waals surface area contributed by atoms with E-state index in [9.17, 15) is 0 Å². The van der Waals surface area contributed by atoms with Crippen LogP contribution in [0.5, 0.6) is 0 Å². The van der Waals surface area contributed by atoms with Crippen LogP contribution >= 0.6 is 11.8 Å². The van der Waals surface area contributed by atoms with Crippen molar-refractivity contribution < 1.29 is 0 Å². The van der Waals surface area contributed by atoms with Crippen molar-refractivity contribution in [2.75, 3.05) is 0 Å². The molecule has 0 amide bonds. The lowest BCUT2D eigenvalue weighted by atomic mass is 10.0. The van der Waals surface area contributed by atoms with E-state index in [1.807, 2.05) is 28.8 Å². The van der Waals surface area contributed by atoms with E-state index >= 15 is 0 Å². The van der Waals surface area contributed by atoms with Crippen LogP contribution in [-0.2, 0) is 0 Å². The quantitative estimate of drug-likeness (QED) is 0.751. The fourth-order valence-electron chi connectivity index (χ4n) is 2.20. The molecule has 0 fully saturated rings. The SMILES string of the molecule is Cc1ccc(C(N)C(C)Sc2nnc3ccccn23)cc1. The Kier molecular flexibility index (Phi) is 3.94. The van der Waals surface area contributed by atoms with Crippen LogP contribution in [-0.4, -0.2) is 19.8 Å². The van der Waals surface area contributed by atoms with E-state index in [0.717, 1.165) is 16.4 Å². The second kappa shape index (κ2) is 5.87. The van der Waals surface area contributed by atoms with E-state index in [2.05, 4.69) is 48.3 Å². The molecule has 108 valence electrons. The van der Waals surface area contributed by atoms with Gasteiger partial charge in [0.05, 0.1) is 0 Å². The van der Waals surface area contributed by atoms with Crippen LogP contribution in [0.15, 0.2) is 53.8 Å². The maximum Gasteiger partial charge on any atom is 0.195 e. The van der Waals surface area contributed by atoms with Crippen LogP contribution in [0.1, 0.15) is 24.1 Å². The lowest BCUT2D eigenvalue weighted by Crippen LogP contribution is -2.21. The summed E-state index contributed by atoms with van der Waals surface area (Å²) < 4.78 is 1.99. The van der Waals surface area contributed by atoms with E-state index in [4.69, 9.17) is 5.73 Å². The molecule has 0 aliphatic heterocycles. The second-order valence-electron chi connectivity index (χ2n) is 5.17. The van der Waals surface area contributed by atoms with Crippen molar-refractivity contribution >= 4 is 17.4 Å². The van der Waals surface area contributed by atoms with Crippen molar-refractivity contribution in [2.45, 2.75) is 30.3 Å². The Hall–Kier alpha value is -1.85. The number of rotatable bonds is 4. The molecule has 2 atom stereocenters. The molecule has 2 N–H and O–H groups in total. The third kappa shape index (κ3) is 2.94. The first-order valence-electron chi connectivity index (χ1n) is 6.94. The smallest absolute Gasteiger partial charge is 0.195 e. The number of aromatic nitrogens is 3. The van der Waals surface area contributed by atoms with Crippen molar-refractivity contribution in [3.8, 4) is 0 Å². The maximum absolute atomic E-state index is 6.37. The van der Waals surface area contributed by atoms with Crippen LogP contribution in [0.25, 0.3) is 5.65 Å². The predicted molar refractivity (Wildman–Crippen MR) is 86.4 cm³/mol. The molecule has 3 aromatic rings. The van der Waals surface area contributed by atoms with Gasteiger partial charge in [-0.15, -0.1) is 10.2 Å². The molecule has 1 aromatic carbocycles. The summed E-state index contributed by atoms with van der Waals surface area (Å²) in [5.74, 6) is 0. The zero-order valence-corrected chi connectivity index (χ0v) is 12.9. The first-order chi connectivity index (χ1) is 10.1. The number of pyridine rings is 1. The molecule has 2 heterocycles. The molecule has 0 saturated heterocycles. The highest BCUT2D eigenvalue weighted by Gasteiger charge is 2.18. The van der Waals surface area contributed by atoms with Gasteiger partial charge >= 0.3 is 0 Å². The van der Waals surface area contributed by atoms with Crippen LogP contribution in [0, 0.1) is 6.92 Å². The van der Waals surface area contributed by atoms with Gasteiger partial charge in [-0.2, -0.15) is 0 Å². The van der Waals surface area contributed by atoms with Crippen molar-refractivity contribution in [3.63, 3.8) is 0 Å². The molecule has 2 unspecified atom stereocenters. The minimum atomic E-state index is -0.0355. The van der Waals surface area contributed by atoms with Gasteiger partial charge in [0.1, 0.15) is 0 Å². The highest BCUT2D eigenvalue weighted by Crippen LogP contribution is 2.29. The first kappa shape index (κ1) is 14.1. The molecule has 5 heteroatoms. The summed E-state index contributed by atoms with van der Waals surface area (Å²) >= 11 is 1.65. The van der Waals surface area contributed by atoms with E-state index in [-0.39, 0.29) is 11.3 Å². The molecule has 0 saturated carbocycles. The van der Waals surface area contributed by atoms with E-state index in [0.29, 0.717) is 0 Å². The fourth-order valence-corrected chi connectivity index (χ4v) is 3.19. The monoisotopic (exact) mass is 298 g/mol. The zero-order chi connectivity index (χ0) is 14.8. The number of nitrogens with zero attached hydrogens (tertiary/aromatic N) is 3. The van der Waals surface area contributed by atoms with E-state index in [1.165, 1.54) is 5.56 Å². The van der Waals surface area contributed by atoms with Gasteiger partial charge in [-0.25, -0.2) is 0 Å². The average Bonchev–Trinajstić information content (AvgIpc) is 2.91. The Bertz CT molecular complexity index is 735. The minimum Gasteiger partial charge on any atom is -0.323 e. The highest BCUT2D eigenvalue weighted by molar-refractivity contribution is 7.99. The molecule has 2 aromatic heterocycles. The largest absolute Gasteiger partial charge is 0.323 e. The molecule has 0 aliphatic rings. The highest BCUT2D eigenvalue weighted by atomic mass is 32.2. The molecular formula is C16H18N4S. The summed E-state index contributed by atoms with van der Waals surface area (Å²) in [7, 11) is 0. The molecule has 0 bridgehead atoms. The molecule has 4 nitrogen and oxygen atoms in total. The van der Waals surface area contributed by atoms with Crippen LogP contribution in [0.4, 0.5) is 0 Å². The summed E-state index contributed by atoms with van der Waals surface area (Å²) in [5.41, 5.74) is 9.62. The van der Waals surface area contributed by atoms with Gasteiger partial charge in [-0.05, 0) is 24.6 Å². The predicted octanol–water partition coefficient (Wildman–Crippen LogP) is 3.22. The van der Waals surface area contributed by atoms with Gasteiger partial charge < -0.3 is 5.73 Å². The summed E-state index contributed by atoms with van der Waals surface area (Å²) in [6.45, 7) is 4.20. The Balaban J connectivity index is 1.79. The minimum absolute atomic E-state index is 0.0355. The maximum atomic E-state index is 6.37. The Labute approximate surface area is 128 Å². The Morgan fingerprint density at radius 3 is 2.62 bits per heavy atom. The number of hydrogen-bond donors (Lipinski definition) is 1. The third-order valence-electron chi connectivity index (χ3n) is 3.54. The molecule has 0 aliphatic carbocycles. The molecular weight excluding hydrogens is 280 g/mol. The zero-order valence-electron chi connectivity index (χ0n) is 12.1. The van der Waals surface area contributed by atoms with Gasteiger partial charge in [0, 0.05) is 17.5 Å². The van der Waals surface area contributed by atoms with Crippen molar-refractivity contribution in [3.05, 3.63) is 59.8 Å². The standard InChI is InChI=1S/C16H18N4S/c1-11-6-8-13(9-7-11)15(17)12(2)21-16-19-18-14-5-3-4-10-20(14)16/h3-10,12,15H,17H2,1-2H3. The third-order valence-corrected chi connectivity index (χ3v) is 4.70. The normalized spacial score (nSPS) is 14.2. The number of fused-ring (bicyclic) bond motifs is 1. The van der Waals surface area contributed by atoms with E-state index in [1.54, 1.807) is 11.8 Å². The molecule has 21 heavy (non-hydrogen) atoms. The lowest BCUT2D eigenvalue weighted by molar-refractivity contribution is 0.710. The fraction of sp³-hybridized carbons (Fsp3) is 0.250. The summed E-state index contributed by atoms with van der Waals surface area (Å²) in [6.07, 6.45) is 1.97. The van der Waals surface area contributed by atoms with Crippen LogP contribution < -0.4 is 5.73 Å². The summed E-state index contributed by atoms with van der Waals surface area (Å²) in [6, 6.07) is 14.2. The van der Waals surface area contributed by atoms with Crippen molar-refractivity contribution in [2.24, 2.45) is 5.73 Å². The number of nitrogens with two attached hydrogens (primary N) is 1. The van der Waals surface area contributed by atoms with Gasteiger partial charge in [-0.3, -0.25) is 4.40 Å². The Morgan fingerprint density at radius 2 is 1.86 bits per heavy atom. The number of aryl methyl sites for hydroxylation is 1. The van der Waals surface area contributed by atoms with Crippen molar-refractivity contribution in [1.29, 1.82) is 0 Å². The molecule has 0 spiro atoms. The van der Waals surface area contributed by atoms with E-state index < -0.39 is 0 Å². The topological polar surface area (TPSA) is 56.2 Å². The second-order valence-corrected chi connectivity index (χ2v) is 6.52. The lowest BCUT2D eigenvalue weighted by Gasteiger charge is -2.19. The number of benzene rings is 1. The molecule has 3 rings (SSSR count). The first-order valence-corrected chi connectivity index (χ1v) is 7.81. The van der Waals surface area contributed by atoms with Crippen molar-refractivity contribution in [1.82, 2.24) is 14.6 Å². The number of hydrogen-bond acceptors (Lipinski definition) is 4. The van der Waals surface area contributed by atoms with Gasteiger partial charge in [0.25, 0.3) is 0 Å². The van der Waals surface area contributed by atoms with Gasteiger partial charge in [0.15, 0.2) is 10.8 Å². The molecule has 0 radical (unpaired) electrons. The van der Waals surface area contributed by atoms with Crippen LogP contribution in [0.2, 0.25) is 0 Å². The number of thioether (sulfide) groups is 1. The van der Waals surface area contributed by atoms with Gasteiger partial charge in [-0.1, -0.05) is 54.6 Å². The summed E-state index contributed by atoms with van der Waals surface area (Å²) in [4.78, 5) is 0. The van der Waals surface area contributed by atoms with Gasteiger partial charge in [0.2, 0.25) is 0 Å². The average molecular weight is 298 g/mol. The Morgan fingerprint density at radius 1 is 1.10 bits per heavy atom. The van der Waals surface area contributed by atoms with Crippen LogP contribution in [0.3, 0.4) is 0 Å². The summed E-state index contributed by atoms with van der Waals surface area (Å²) in [5, 5.41) is 9.50.